The Kier molecular flexibility index (Phi) is 5.68. The minimum atomic E-state index is 0.486. The van der Waals surface area contributed by atoms with E-state index in [4.69, 9.17) is 0 Å². The largest absolute Gasteiger partial charge is 0.310 e. The molecule has 1 aromatic rings. The van der Waals surface area contributed by atoms with E-state index in [2.05, 4.69) is 67.1 Å². The molecule has 1 aliphatic rings. The fraction of sp³-hybridized carbons (Fsp3) is 0.667. The second kappa shape index (κ2) is 7.09. The zero-order valence-electron chi connectivity index (χ0n) is 13.2. The Labute approximate surface area is 132 Å². The number of benzene rings is 1. The zero-order chi connectivity index (χ0) is 14.7. The van der Waals surface area contributed by atoms with Crippen LogP contribution in [-0.2, 0) is 0 Å². The normalized spacial score (nSPS) is 28.4. The van der Waals surface area contributed by atoms with Crippen LogP contribution < -0.4 is 5.32 Å². The van der Waals surface area contributed by atoms with Gasteiger partial charge < -0.3 is 5.32 Å². The first-order valence-electron chi connectivity index (χ1n) is 8.00. The van der Waals surface area contributed by atoms with Crippen LogP contribution in [0.3, 0.4) is 0 Å². The molecule has 0 aliphatic heterocycles. The molecular formula is C18H28BrN. The molecule has 0 heterocycles. The number of hydrogen-bond acceptors (Lipinski definition) is 1. The van der Waals surface area contributed by atoms with Gasteiger partial charge in [0.2, 0.25) is 0 Å². The predicted octanol–water partition coefficient (Wildman–Crippen LogP) is 5.48. The van der Waals surface area contributed by atoms with Gasteiger partial charge in [-0.25, -0.2) is 0 Å². The van der Waals surface area contributed by atoms with Gasteiger partial charge in [-0.05, 0) is 67.7 Å². The van der Waals surface area contributed by atoms with Crippen LogP contribution in [-0.4, -0.2) is 6.54 Å². The highest BCUT2D eigenvalue weighted by Gasteiger charge is 2.31. The molecule has 0 amide bonds. The van der Waals surface area contributed by atoms with Crippen molar-refractivity contribution in [3.8, 4) is 0 Å². The second-order valence-electron chi connectivity index (χ2n) is 6.74. The fourth-order valence-corrected chi connectivity index (χ4v) is 4.66. The Hall–Kier alpha value is -0.340. The summed E-state index contributed by atoms with van der Waals surface area (Å²) in [6.45, 7) is 10.2. The molecule has 1 aromatic carbocycles. The molecule has 2 rings (SSSR count). The third-order valence-electron chi connectivity index (χ3n) is 4.60. The lowest BCUT2D eigenvalue weighted by Gasteiger charge is -2.37. The molecule has 2 heteroatoms. The highest BCUT2D eigenvalue weighted by Crippen LogP contribution is 2.41. The summed E-state index contributed by atoms with van der Waals surface area (Å²) in [6, 6.07) is 7.27. The first-order valence-corrected chi connectivity index (χ1v) is 8.80. The lowest BCUT2D eigenvalue weighted by molar-refractivity contribution is 0.177. The third-order valence-corrected chi connectivity index (χ3v) is 5.29. The van der Waals surface area contributed by atoms with Crippen LogP contribution in [0, 0.1) is 24.7 Å². The summed E-state index contributed by atoms with van der Waals surface area (Å²) < 4.78 is 1.26. The van der Waals surface area contributed by atoms with Crippen LogP contribution in [0.1, 0.15) is 57.2 Å². The van der Waals surface area contributed by atoms with Gasteiger partial charge in [-0.3, -0.25) is 0 Å². The molecule has 1 aliphatic carbocycles. The smallest absolute Gasteiger partial charge is 0.0359 e. The summed E-state index contributed by atoms with van der Waals surface area (Å²) in [5.41, 5.74) is 2.75. The average Bonchev–Trinajstić information content (AvgIpc) is 2.35. The maximum Gasteiger partial charge on any atom is 0.0359 e. The van der Waals surface area contributed by atoms with Gasteiger partial charge in [0.25, 0.3) is 0 Å². The molecule has 0 saturated heterocycles. The van der Waals surface area contributed by atoms with E-state index in [9.17, 15) is 0 Å². The van der Waals surface area contributed by atoms with E-state index in [1.165, 1.54) is 34.9 Å². The van der Waals surface area contributed by atoms with E-state index in [1.54, 1.807) is 0 Å². The first kappa shape index (κ1) is 16.0. The molecule has 1 fully saturated rings. The van der Waals surface area contributed by atoms with Crippen LogP contribution >= 0.6 is 15.9 Å². The maximum absolute atomic E-state index is 3.77. The van der Waals surface area contributed by atoms with Crippen LogP contribution in [0.5, 0.6) is 0 Å². The molecule has 0 spiro atoms. The van der Waals surface area contributed by atoms with Gasteiger partial charge in [0, 0.05) is 10.5 Å². The summed E-state index contributed by atoms with van der Waals surface area (Å²) in [7, 11) is 0. The van der Waals surface area contributed by atoms with E-state index in [0.29, 0.717) is 6.04 Å². The molecule has 3 unspecified atom stereocenters. The SMILES string of the molecule is CCNC(c1ccc(C)cc1Br)C1CC(C)CC(C)C1. The lowest BCUT2D eigenvalue weighted by Crippen LogP contribution is -2.33. The van der Waals surface area contributed by atoms with Crippen molar-refractivity contribution < 1.29 is 0 Å². The minimum Gasteiger partial charge on any atom is -0.310 e. The van der Waals surface area contributed by atoms with Crippen LogP contribution in [0.4, 0.5) is 0 Å². The predicted molar refractivity (Wildman–Crippen MR) is 91.0 cm³/mol. The van der Waals surface area contributed by atoms with E-state index < -0.39 is 0 Å². The summed E-state index contributed by atoms with van der Waals surface area (Å²) >= 11 is 3.77. The highest BCUT2D eigenvalue weighted by atomic mass is 79.9. The Balaban J connectivity index is 2.25. The Bertz CT molecular complexity index is 433. The van der Waals surface area contributed by atoms with Gasteiger partial charge >= 0.3 is 0 Å². The molecule has 0 bridgehead atoms. The van der Waals surface area contributed by atoms with Crippen molar-refractivity contribution in [2.75, 3.05) is 6.54 Å². The van der Waals surface area contributed by atoms with E-state index >= 15 is 0 Å². The molecule has 0 radical (unpaired) electrons. The van der Waals surface area contributed by atoms with Crippen molar-refractivity contribution in [3.05, 3.63) is 33.8 Å². The topological polar surface area (TPSA) is 12.0 Å². The highest BCUT2D eigenvalue weighted by molar-refractivity contribution is 9.10. The Morgan fingerprint density at radius 2 is 1.85 bits per heavy atom. The van der Waals surface area contributed by atoms with Gasteiger partial charge in [0.1, 0.15) is 0 Å². The van der Waals surface area contributed by atoms with Gasteiger partial charge in [-0.2, -0.15) is 0 Å². The van der Waals surface area contributed by atoms with Crippen molar-refractivity contribution in [3.63, 3.8) is 0 Å². The average molecular weight is 338 g/mol. The van der Waals surface area contributed by atoms with Gasteiger partial charge in [0.05, 0.1) is 0 Å². The van der Waals surface area contributed by atoms with Crippen molar-refractivity contribution in [2.45, 2.75) is 53.0 Å². The second-order valence-corrected chi connectivity index (χ2v) is 7.59. The number of aryl methyl sites for hydroxylation is 1. The van der Waals surface area contributed by atoms with E-state index in [1.807, 2.05) is 0 Å². The summed E-state index contributed by atoms with van der Waals surface area (Å²) in [5, 5.41) is 3.74. The van der Waals surface area contributed by atoms with Crippen LogP contribution in [0.2, 0.25) is 0 Å². The van der Waals surface area contributed by atoms with Gasteiger partial charge in [0.15, 0.2) is 0 Å². The maximum atomic E-state index is 3.77. The minimum absolute atomic E-state index is 0.486. The molecule has 1 saturated carbocycles. The number of rotatable bonds is 4. The van der Waals surface area contributed by atoms with Gasteiger partial charge in [-0.1, -0.05) is 48.8 Å². The van der Waals surface area contributed by atoms with Crippen molar-refractivity contribution in [2.24, 2.45) is 17.8 Å². The van der Waals surface area contributed by atoms with Crippen LogP contribution in [0.25, 0.3) is 0 Å². The zero-order valence-corrected chi connectivity index (χ0v) is 14.8. The molecule has 20 heavy (non-hydrogen) atoms. The summed E-state index contributed by atoms with van der Waals surface area (Å²) in [4.78, 5) is 0. The number of hydrogen-bond donors (Lipinski definition) is 1. The third kappa shape index (κ3) is 3.85. The van der Waals surface area contributed by atoms with Crippen molar-refractivity contribution >= 4 is 15.9 Å². The number of nitrogens with one attached hydrogen (secondary N) is 1. The monoisotopic (exact) mass is 337 g/mol. The fourth-order valence-electron chi connectivity index (χ4n) is 3.92. The lowest BCUT2D eigenvalue weighted by atomic mass is 9.72. The van der Waals surface area contributed by atoms with E-state index in [0.717, 1.165) is 24.3 Å². The Morgan fingerprint density at radius 1 is 1.20 bits per heavy atom. The molecular weight excluding hydrogens is 310 g/mol. The van der Waals surface area contributed by atoms with Gasteiger partial charge in [-0.15, -0.1) is 0 Å². The standard InChI is InChI=1S/C18H28BrN/c1-5-20-18(15-9-13(3)8-14(4)10-15)16-7-6-12(2)11-17(16)19/h6-7,11,13-15,18,20H,5,8-10H2,1-4H3. The Morgan fingerprint density at radius 3 is 2.40 bits per heavy atom. The van der Waals surface area contributed by atoms with Crippen LogP contribution in [0.15, 0.2) is 22.7 Å². The molecule has 3 atom stereocenters. The molecule has 1 nitrogen and oxygen atoms in total. The first-order chi connectivity index (χ1) is 9.51. The molecule has 0 aromatic heterocycles. The van der Waals surface area contributed by atoms with E-state index in [-0.39, 0.29) is 0 Å². The summed E-state index contributed by atoms with van der Waals surface area (Å²) in [5.74, 6) is 2.47. The molecule has 1 N–H and O–H groups in total. The van der Waals surface area contributed by atoms with Crippen molar-refractivity contribution in [1.82, 2.24) is 5.32 Å². The summed E-state index contributed by atoms with van der Waals surface area (Å²) in [6.07, 6.45) is 4.09. The number of halogens is 1. The van der Waals surface area contributed by atoms with Crippen molar-refractivity contribution in [1.29, 1.82) is 0 Å². The molecule has 112 valence electrons. The quantitative estimate of drug-likeness (QED) is 0.766.